The molecule has 6 heteroatoms. The Balaban J connectivity index is 1.91. The highest BCUT2D eigenvalue weighted by atomic mass is 79.9. The van der Waals surface area contributed by atoms with Gasteiger partial charge in [0.05, 0.1) is 5.60 Å². The molecule has 1 aliphatic rings. The van der Waals surface area contributed by atoms with Gasteiger partial charge in [0.25, 0.3) is 5.91 Å². The third kappa shape index (κ3) is 2.80. The number of thiophene rings is 1. The molecule has 1 amide bonds. The molecule has 2 rings (SSSR count). The van der Waals surface area contributed by atoms with E-state index in [0.29, 0.717) is 17.2 Å². The molecule has 3 nitrogen and oxygen atoms in total. The number of halogens is 1. The standard InChI is InChI=1S/C10H12BrNO2S2/c11-7-1-3-16-8(7)9(13)12-5-10(14)2-4-15-6-10/h1,3,14H,2,4-6H2,(H,12,13). The fourth-order valence-corrected chi connectivity index (χ4v) is 4.28. The van der Waals surface area contributed by atoms with Gasteiger partial charge in [0.1, 0.15) is 4.88 Å². The van der Waals surface area contributed by atoms with Gasteiger partial charge in [-0.2, -0.15) is 11.8 Å². The SMILES string of the molecule is O=C(NCC1(O)CCSC1)c1sccc1Br. The van der Waals surface area contributed by atoms with E-state index in [1.54, 1.807) is 11.8 Å². The van der Waals surface area contributed by atoms with Crippen molar-refractivity contribution in [1.82, 2.24) is 5.32 Å². The number of thioether (sulfide) groups is 1. The number of amides is 1. The minimum atomic E-state index is -0.718. The molecule has 1 saturated heterocycles. The maximum atomic E-state index is 11.8. The Kier molecular flexibility index (Phi) is 3.94. The first-order valence-electron chi connectivity index (χ1n) is 4.92. The van der Waals surface area contributed by atoms with Gasteiger partial charge in [0, 0.05) is 16.8 Å². The number of hydrogen-bond acceptors (Lipinski definition) is 4. The molecule has 0 bridgehead atoms. The van der Waals surface area contributed by atoms with Crippen LogP contribution in [0.1, 0.15) is 16.1 Å². The fraction of sp³-hybridized carbons (Fsp3) is 0.500. The monoisotopic (exact) mass is 321 g/mol. The van der Waals surface area contributed by atoms with Gasteiger partial charge < -0.3 is 10.4 Å². The molecule has 0 aromatic carbocycles. The zero-order chi connectivity index (χ0) is 11.6. The van der Waals surface area contributed by atoms with Gasteiger partial charge in [-0.3, -0.25) is 4.79 Å². The van der Waals surface area contributed by atoms with Crippen molar-refractivity contribution in [3.63, 3.8) is 0 Å². The predicted octanol–water partition coefficient (Wildman–Crippen LogP) is 2.11. The van der Waals surface area contributed by atoms with Crippen LogP contribution < -0.4 is 5.32 Å². The van der Waals surface area contributed by atoms with Gasteiger partial charge in [0.2, 0.25) is 0 Å². The second kappa shape index (κ2) is 5.08. The van der Waals surface area contributed by atoms with Crippen molar-refractivity contribution in [3.05, 3.63) is 20.8 Å². The maximum Gasteiger partial charge on any atom is 0.262 e. The molecular formula is C10H12BrNO2S2. The van der Waals surface area contributed by atoms with Crippen LogP contribution in [0.15, 0.2) is 15.9 Å². The molecule has 88 valence electrons. The smallest absolute Gasteiger partial charge is 0.262 e. The van der Waals surface area contributed by atoms with E-state index in [4.69, 9.17) is 0 Å². The van der Waals surface area contributed by atoms with E-state index in [9.17, 15) is 9.90 Å². The summed E-state index contributed by atoms with van der Waals surface area (Å²) < 4.78 is 0.808. The summed E-state index contributed by atoms with van der Waals surface area (Å²) in [6, 6.07) is 1.85. The van der Waals surface area contributed by atoms with Crippen LogP contribution in [0.3, 0.4) is 0 Å². The Morgan fingerprint density at radius 3 is 3.06 bits per heavy atom. The number of carbonyl (C=O) groups is 1. The van der Waals surface area contributed by atoms with E-state index in [1.807, 2.05) is 11.4 Å². The number of rotatable bonds is 3. The normalized spacial score (nSPS) is 24.6. The lowest BCUT2D eigenvalue weighted by Crippen LogP contribution is -2.42. The Hall–Kier alpha value is -0.0400. The molecule has 1 fully saturated rings. The van der Waals surface area contributed by atoms with Crippen LogP contribution in [0.4, 0.5) is 0 Å². The van der Waals surface area contributed by atoms with Crippen LogP contribution in [-0.4, -0.2) is 34.7 Å². The molecule has 1 aromatic heterocycles. The van der Waals surface area contributed by atoms with Crippen molar-refractivity contribution in [3.8, 4) is 0 Å². The van der Waals surface area contributed by atoms with Crippen molar-refractivity contribution in [2.45, 2.75) is 12.0 Å². The Morgan fingerprint density at radius 2 is 2.50 bits per heavy atom. The molecule has 16 heavy (non-hydrogen) atoms. The van der Waals surface area contributed by atoms with Crippen molar-refractivity contribution in [2.75, 3.05) is 18.1 Å². The lowest BCUT2D eigenvalue weighted by Gasteiger charge is -2.21. The topological polar surface area (TPSA) is 49.3 Å². The maximum absolute atomic E-state index is 11.8. The first-order chi connectivity index (χ1) is 7.61. The minimum absolute atomic E-state index is 0.118. The van der Waals surface area contributed by atoms with Crippen LogP contribution in [0, 0.1) is 0 Å². The second-order valence-corrected chi connectivity index (χ2v) is 6.68. The average molecular weight is 322 g/mol. The number of hydrogen-bond donors (Lipinski definition) is 2. The lowest BCUT2D eigenvalue weighted by atomic mass is 10.0. The van der Waals surface area contributed by atoms with Gasteiger partial charge in [-0.05, 0) is 39.6 Å². The third-order valence-corrected chi connectivity index (χ3v) is 5.55. The quantitative estimate of drug-likeness (QED) is 0.896. The summed E-state index contributed by atoms with van der Waals surface area (Å²) in [6.07, 6.45) is 0.754. The van der Waals surface area contributed by atoms with Crippen molar-refractivity contribution in [2.24, 2.45) is 0 Å². The molecule has 1 aromatic rings. The molecule has 1 unspecified atom stereocenters. The van der Waals surface area contributed by atoms with Crippen molar-refractivity contribution >= 4 is 44.9 Å². The highest BCUT2D eigenvalue weighted by Crippen LogP contribution is 2.27. The highest BCUT2D eigenvalue weighted by molar-refractivity contribution is 9.10. The predicted molar refractivity (Wildman–Crippen MR) is 71.2 cm³/mol. The fourth-order valence-electron chi connectivity index (χ4n) is 1.52. The summed E-state index contributed by atoms with van der Waals surface area (Å²) in [5.74, 6) is 1.56. The third-order valence-electron chi connectivity index (χ3n) is 2.48. The van der Waals surface area contributed by atoms with Gasteiger partial charge in [0.15, 0.2) is 0 Å². The van der Waals surface area contributed by atoms with Crippen LogP contribution >= 0.6 is 39.0 Å². The molecule has 0 saturated carbocycles. The van der Waals surface area contributed by atoms with Crippen molar-refractivity contribution < 1.29 is 9.90 Å². The first kappa shape index (κ1) is 12.4. The molecule has 0 aliphatic carbocycles. The van der Waals surface area contributed by atoms with E-state index in [1.165, 1.54) is 11.3 Å². The Labute approximate surface area is 111 Å². The van der Waals surface area contributed by atoms with Gasteiger partial charge >= 0.3 is 0 Å². The average Bonchev–Trinajstić information content (AvgIpc) is 2.85. The number of nitrogens with one attached hydrogen (secondary N) is 1. The summed E-state index contributed by atoms with van der Waals surface area (Å²) in [7, 11) is 0. The van der Waals surface area contributed by atoms with E-state index >= 15 is 0 Å². The minimum Gasteiger partial charge on any atom is -0.387 e. The molecular weight excluding hydrogens is 310 g/mol. The Morgan fingerprint density at radius 1 is 1.69 bits per heavy atom. The lowest BCUT2D eigenvalue weighted by molar-refractivity contribution is 0.0614. The van der Waals surface area contributed by atoms with Crippen LogP contribution in [0.5, 0.6) is 0 Å². The summed E-state index contributed by atoms with van der Waals surface area (Å²) >= 11 is 6.44. The van der Waals surface area contributed by atoms with Gasteiger partial charge in [-0.15, -0.1) is 11.3 Å². The van der Waals surface area contributed by atoms with Gasteiger partial charge in [-0.1, -0.05) is 0 Å². The summed E-state index contributed by atoms with van der Waals surface area (Å²) in [5, 5.41) is 14.7. The number of aliphatic hydroxyl groups is 1. The molecule has 0 spiro atoms. The van der Waals surface area contributed by atoms with E-state index in [-0.39, 0.29) is 5.91 Å². The summed E-state index contributed by atoms with van der Waals surface area (Å²) in [5.41, 5.74) is -0.718. The van der Waals surface area contributed by atoms with Crippen LogP contribution in [-0.2, 0) is 0 Å². The highest BCUT2D eigenvalue weighted by Gasteiger charge is 2.32. The van der Waals surface area contributed by atoms with Crippen LogP contribution in [0.2, 0.25) is 0 Å². The van der Waals surface area contributed by atoms with Crippen LogP contribution in [0.25, 0.3) is 0 Å². The molecule has 1 aliphatic heterocycles. The zero-order valence-corrected chi connectivity index (χ0v) is 11.8. The molecule has 2 N–H and O–H groups in total. The Bertz CT molecular complexity index is 388. The number of carbonyl (C=O) groups excluding carboxylic acids is 1. The summed E-state index contributed by atoms with van der Waals surface area (Å²) in [6.45, 7) is 0.336. The van der Waals surface area contributed by atoms with Gasteiger partial charge in [-0.25, -0.2) is 0 Å². The molecule has 1 atom stereocenters. The van der Waals surface area contributed by atoms with E-state index < -0.39 is 5.60 Å². The summed E-state index contributed by atoms with van der Waals surface area (Å²) in [4.78, 5) is 12.4. The molecule has 0 radical (unpaired) electrons. The van der Waals surface area contributed by atoms with E-state index in [0.717, 1.165) is 16.6 Å². The zero-order valence-electron chi connectivity index (χ0n) is 8.53. The van der Waals surface area contributed by atoms with E-state index in [2.05, 4.69) is 21.2 Å². The second-order valence-electron chi connectivity index (χ2n) is 3.81. The largest absolute Gasteiger partial charge is 0.387 e. The van der Waals surface area contributed by atoms with Crippen molar-refractivity contribution in [1.29, 1.82) is 0 Å². The first-order valence-corrected chi connectivity index (χ1v) is 7.75. The molecule has 2 heterocycles.